The van der Waals surface area contributed by atoms with E-state index in [-0.39, 0.29) is 6.09 Å². The van der Waals surface area contributed by atoms with Gasteiger partial charge in [0.1, 0.15) is 17.8 Å². The summed E-state index contributed by atoms with van der Waals surface area (Å²) in [6, 6.07) is 0.443. The number of hydrogen-bond acceptors (Lipinski definition) is 5. The van der Waals surface area contributed by atoms with E-state index in [9.17, 15) is 4.79 Å². The Morgan fingerprint density at radius 1 is 1.43 bits per heavy atom. The van der Waals surface area contributed by atoms with Gasteiger partial charge in [0.25, 0.3) is 0 Å². The average Bonchev–Trinajstić information content (AvgIpc) is 3.04. The maximum atomic E-state index is 11.8. The third-order valence-corrected chi connectivity index (χ3v) is 4.13. The predicted octanol–water partition coefficient (Wildman–Crippen LogP) is 1.64. The SMILES string of the molecule is Cn1cnnc1CCNC1CCCC1CNC(=O)OC(C)(C)C. The molecule has 130 valence electrons. The molecule has 1 aliphatic rings. The number of rotatable bonds is 6. The van der Waals surface area contributed by atoms with Gasteiger partial charge in [0.05, 0.1) is 0 Å². The van der Waals surface area contributed by atoms with E-state index in [1.807, 2.05) is 32.4 Å². The number of nitrogens with zero attached hydrogens (tertiary/aromatic N) is 3. The standard InChI is InChI=1S/C16H29N5O2/c1-16(2,3)23-15(22)18-10-12-6-5-7-13(12)17-9-8-14-20-19-11-21(14)4/h11-13,17H,5-10H2,1-4H3,(H,18,22). The quantitative estimate of drug-likeness (QED) is 0.832. The molecule has 1 fully saturated rings. The molecule has 1 amide bonds. The smallest absolute Gasteiger partial charge is 0.407 e. The fourth-order valence-corrected chi connectivity index (χ4v) is 2.98. The molecule has 0 bridgehead atoms. The van der Waals surface area contributed by atoms with Crippen molar-refractivity contribution in [2.45, 2.75) is 58.1 Å². The maximum Gasteiger partial charge on any atom is 0.407 e. The first kappa shape index (κ1) is 17.7. The molecular formula is C16H29N5O2. The molecule has 2 rings (SSSR count). The highest BCUT2D eigenvalue weighted by Crippen LogP contribution is 2.25. The normalized spacial score (nSPS) is 21.4. The van der Waals surface area contributed by atoms with Crippen LogP contribution in [0.3, 0.4) is 0 Å². The average molecular weight is 323 g/mol. The molecule has 23 heavy (non-hydrogen) atoms. The lowest BCUT2D eigenvalue weighted by molar-refractivity contribution is 0.0517. The van der Waals surface area contributed by atoms with Crippen LogP contribution >= 0.6 is 0 Å². The maximum absolute atomic E-state index is 11.8. The van der Waals surface area contributed by atoms with Gasteiger partial charge in [-0.15, -0.1) is 10.2 Å². The highest BCUT2D eigenvalue weighted by atomic mass is 16.6. The van der Waals surface area contributed by atoms with E-state index < -0.39 is 5.60 Å². The molecule has 0 saturated heterocycles. The number of carbonyl (C=O) groups is 1. The van der Waals surface area contributed by atoms with Gasteiger partial charge in [-0.05, 0) is 39.5 Å². The van der Waals surface area contributed by atoms with Crippen LogP contribution < -0.4 is 10.6 Å². The summed E-state index contributed by atoms with van der Waals surface area (Å²) in [4.78, 5) is 11.8. The highest BCUT2D eigenvalue weighted by Gasteiger charge is 2.27. The molecule has 7 nitrogen and oxygen atoms in total. The van der Waals surface area contributed by atoms with Crippen molar-refractivity contribution in [2.75, 3.05) is 13.1 Å². The van der Waals surface area contributed by atoms with E-state index >= 15 is 0 Å². The van der Waals surface area contributed by atoms with Crippen LogP contribution in [0, 0.1) is 5.92 Å². The third kappa shape index (κ3) is 5.82. The molecule has 2 atom stereocenters. The first-order valence-electron chi connectivity index (χ1n) is 8.38. The van der Waals surface area contributed by atoms with E-state index in [2.05, 4.69) is 20.8 Å². The monoisotopic (exact) mass is 323 g/mol. The van der Waals surface area contributed by atoms with Gasteiger partial charge in [-0.25, -0.2) is 4.79 Å². The molecule has 2 N–H and O–H groups in total. The Bertz CT molecular complexity index is 509. The van der Waals surface area contributed by atoms with E-state index in [1.165, 1.54) is 6.42 Å². The van der Waals surface area contributed by atoms with E-state index in [1.54, 1.807) is 6.33 Å². The Labute approximate surface area is 138 Å². The molecule has 0 aromatic carbocycles. The summed E-state index contributed by atoms with van der Waals surface area (Å²) in [5.41, 5.74) is -0.451. The second kappa shape index (κ2) is 7.77. The van der Waals surface area contributed by atoms with Gasteiger partial charge in [0.2, 0.25) is 0 Å². The molecule has 0 spiro atoms. The molecule has 2 unspecified atom stereocenters. The van der Waals surface area contributed by atoms with Crippen molar-refractivity contribution in [3.05, 3.63) is 12.2 Å². The molecule has 1 aromatic heterocycles. The number of hydrogen-bond donors (Lipinski definition) is 2. The summed E-state index contributed by atoms with van der Waals surface area (Å²) in [5.74, 6) is 1.45. The van der Waals surface area contributed by atoms with Crippen LogP contribution in [0.4, 0.5) is 4.79 Å². The molecule has 0 aliphatic heterocycles. The van der Waals surface area contributed by atoms with Crippen LogP contribution in [0.25, 0.3) is 0 Å². The van der Waals surface area contributed by atoms with E-state index in [4.69, 9.17) is 4.74 Å². The van der Waals surface area contributed by atoms with Crippen LogP contribution in [-0.4, -0.2) is 45.6 Å². The number of ether oxygens (including phenoxy) is 1. The summed E-state index contributed by atoms with van der Waals surface area (Å²) in [7, 11) is 1.96. The van der Waals surface area contributed by atoms with Crippen LogP contribution in [0.2, 0.25) is 0 Å². The summed E-state index contributed by atoms with van der Waals surface area (Å²) in [6.45, 7) is 7.16. The Morgan fingerprint density at radius 2 is 2.22 bits per heavy atom. The lowest BCUT2D eigenvalue weighted by atomic mass is 10.0. The lowest BCUT2D eigenvalue weighted by Gasteiger charge is -2.23. The molecular weight excluding hydrogens is 294 g/mol. The topological polar surface area (TPSA) is 81.1 Å². The molecule has 1 aliphatic carbocycles. The molecule has 1 heterocycles. The first-order valence-corrected chi connectivity index (χ1v) is 8.38. The van der Waals surface area contributed by atoms with Crippen LogP contribution in [0.5, 0.6) is 0 Å². The molecule has 7 heteroatoms. The van der Waals surface area contributed by atoms with Gasteiger partial charge in [0.15, 0.2) is 0 Å². The van der Waals surface area contributed by atoms with Gasteiger partial charge in [0, 0.05) is 32.6 Å². The van der Waals surface area contributed by atoms with Gasteiger partial charge >= 0.3 is 6.09 Å². The zero-order valence-electron chi connectivity index (χ0n) is 14.6. The summed E-state index contributed by atoms with van der Waals surface area (Å²) in [6.07, 6.45) is 5.74. The highest BCUT2D eigenvalue weighted by molar-refractivity contribution is 5.67. The zero-order chi connectivity index (χ0) is 16.9. The first-order chi connectivity index (χ1) is 10.8. The van der Waals surface area contributed by atoms with E-state index in [0.717, 1.165) is 31.6 Å². The minimum atomic E-state index is -0.451. The third-order valence-electron chi connectivity index (χ3n) is 4.13. The Balaban J connectivity index is 1.70. The zero-order valence-corrected chi connectivity index (χ0v) is 14.6. The minimum Gasteiger partial charge on any atom is -0.444 e. The molecule has 1 saturated carbocycles. The summed E-state index contributed by atoms with van der Waals surface area (Å²) < 4.78 is 7.23. The van der Waals surface area contributed by atoms with Gasteiger partial charge in [-0.3, -0.25) is 0 Å². The van der Waals surface area contributed by atoms with Crippen LogP contribution in [0.15, 0.2) is 6.33 Å². The number of aromatic nitrogens is 3. The summed E-state index contributed by atoms with van der Waals surface area (Å²) >= 11 is 0. The van der Waals surface area contributed by atoms with Crippen molar-refractivity contribution in [3.63, 3.8) is 0 Å². The van der Waals surface area contributed by atoms with Gasteiger partial charge in [-0.2, -0.15) is 0 Å². The molecule has 0 radical (unpaired) electrons. The summed E-state index contributed by atoms with van der Waals surface area (Å²) in [5, 5.41) is 14.5. The Hall–Kier alpha value is -1.63. The lowest BCUT2D eigenvalue weighted by Crippen LogP contribution is -2.41. The molecule has 1 aromatic rings. The van der Waals surface area contributed by atoms with E-state index in [0.29, 0.717) is 18.5 Å². The van der Waals surface area contributed by atoms with Crippen molar-refractivity contribution < 1.29 is 9.53 Å². The fraction of sp³-hybridized carbons (Fsp3) is 0.812. The predicted molar refractivity (Wildman–Crippen MR) is 88.1 cm³/mol. The number of alkyl carbamates (subject to hydrolysis) is 1. The van der Waals surface area contributed by atoms with Gasteiger partial charge < -0.3 is 19.9 Å². The number of aryl methyl sites for hydroxylation is 1. The van der Waals surface area contributed by atoms with Crippen molar-refractivity contribution >= 4 is 6.09 Å². The number of carbonyl (C=O) groups excluding carboxylic acids is 1. The van der Waals surface area contributed by atoms with Crippen molar-refractivity contribution in [1.29, 1.82) is 0 Å². The van der Waals surface area contributed by atoms with Crippen LogP contribution in [-0.2, 0) is 18.2 Å². The minimum absolute atomic E-state index is 0.331. The second-order valence-corrected chi connectivity index (χ2v) is 7.24. The fourth-order valence-electron chi connectivity index (χ4n) is 2.98. The number of nitrogens with one attached hydrogen (secondary N) is 2. The van der Waals surface area contributed by atoms with Crippen molar-refractivity contribution in [3.8, 4) is 0 Å². The largest absolute Gasteiger partial charge is 0.444 e. The van der Waals surface area contributed by atoms with Crippen molar-refractivity contribution in [2.24, 2.45) is 13.0 Å². The number of amides is 1. The van der Waals surface area contributed by atoms with Crippen LogP contribution in [0.1, 0.15) is 45.9 Å². The Morgan fingerprint density at radius 3 is 2.87 bits per heavy atom. The van der Waals surface area contributed by atoms with Crippen molar-refractivity contribution in [1.82, 2.24) is 25.4 Å². The van der Waals surface area contributed by atoms with Gasteiger partial charge in [-0.1, -0.05) is 6.42 Å². The second-order valence-electron chi connectivity index (χ2n) is 7.24. The Kier molecular flexibility index (Phi) is 5.98.